The second kappa shape index (κ2) is 18.2. The second-order valence-electron chi connectivity index (χ2n) is 24.3. The van der Waals surface area contributed by atoms with Gasteiger partial charge in [-0.05, 0) is 137 Å². The molecule has 2 aliphatic rings. The summed E-state index contributed by atoms with van der Waals surface area (Å²) < 4.78 is 5.41. The Morgan fingerprint density at radius 2 is 0.645 bits per heavy atom. The van der Waals surface area contributed by atoms with E-state index >= 15 is 0 Å². The second-order valence-corrected chi connectivity index (χ2v) is 24.3. The van der Waals surface area contributed by atoms with Gasteiger partial charge in [-0.3, -0.25) is 0 Å². The van der Waals surface area contributed by atoms with Crippen molar-refractivity contribution in [3.63, 3.8) is 0 Å². The van der Waals surface area contributed by atoms with E-state index in [-0.39, 0.29) is 13.4 Å². The molecule has 0 bridgehead atoms. The van der Waals surface area contributed by atoms with Crippen LogP contribution in [0.25, 0.3) is 77.2 Å². The molecule has 2 nitrogen and oxygen atoms in total. The normalized spacial score (nSPS) is 13.1. The standard InChI is InChI=1S/C72H70B2N2/c1-41(2)51-33-57(43(5)6)69(58(34-51)44(7)8)73-61-27-19-25-55-53-31-29-49(47-21-15-13-16-22-47)37-65(53)75(71(55)61)67-40-64-68(39-63(67)73)76-66-38-50(48-23-17-14-18-24-48)30-32-54(66)56-26-20-28-62(72(56)76)74(64)70-59(45(9)10)35-52(42(3)4)36-60(70)46(11)12/h13-46H,1-12H3. The number of nitrogens with zero attached hydrogens (tertiary/aromatic N) is 2. The molecule has 0 aliphatic carbocycles. The van der Waals surface area contributed by atoms with Crippen LogP contribution < -0.4 is 32.8 Å². The van der Waals surface area contributed by atoms with E-state index in [1.54, 1.807) is 0 Å². The first-order valence-corrected chi connectivity index (χ1v) is 28.5. The summed E-state index contributed by atoms with van der Waals surface area (Å²) in [7, 11) is 0. The molecule has 2 aromatic heterocycles. The minimum Gasteiger partial charge on any atom is -0.310 e. The fraction of sp³-hybridized carbons (Fsp3) is 0.250. The average molecular weight is 985 g/mol. The van der Waals surface area contributed by atoms with E-state index in [4.69, 9.17) is 0 Å². The first-order valence-electron chi connectivity index (χ1n) is 28.5. The van der Waals surface area contributed by atoms with Gasteiger partial charge in [0.25, 0.3) is 0 Å². The molecule has 0 unspecified atom stereocenters. The maximum atomic E-state index is 2.71. The van der Waals surface area contributed by atoms with Crippen molar-refractivity contribution in [1.82, 2.24) is 9.13 Å². The molecule has 0 N–H and O–H groups in total. The van der Waals surface area contributed by atoms with Crippen molar-refractivity contribution >= 4 is 89.8 Å². The zero-order chi connectivity index (χ0) is 52.6. The SMILES string of the molecule is CC(C)c1cc(C(C)C)c(B2c3cc4c(cc3-n3c5cc(-c6ccccc6)ccc5c5cccc2c53)B(c2c(C(C)C)cc(C(C)C)cc2C(C)C)c2cccc3c5ccc(-c6ccccc6)cc5n-4c23)c(C(C)C)c1. The van der Waals surface area contributed by atoms with Crippen molar-refractivity contribution in [3.05, 3.63) is 203 Å². The Morgan fingerprint density at radius 3 is 0.974 bits per heavy atom. The van der Waals surface area contributed by atoms with E-state index in [2.05, 4.69) is 262 Å². The Bertz CT molecular complexity index is 3800. The molecule has 0 atom stereocenters. The first-order chi connectivity index (χ1) is 36.7. The fourth-order valence-corrected chi connectivity index (χ4v) is 13.9. The summed E-state index contributed by atoms with van der Waals surface area (Å²) in [5.41, 5.74) is 29.9. The molecule has 0 spiro atoms. The number of aromatic nitrogens is 2. The van der Waals surface area contributed by atoms with Gasteiger partial charge < -0.3 is 9.13 Å². The van der Waals surface area contributed by atoms with Crippen LogP contribution in [0.15, 0.2) is 170 Å². The van der Waals surface area contributed by atoms with Gasteiger partial charge in [0.15, 0.2) is 0 Å². The van der Waals surface area contributed by atoms with Gasteiger partial charge in [0.05, 0.1) is 11.0 Å². The van der Waals surface area contributed by atoms with Crippen LogP contribution >= 0.6 is 0 Å². The van der Waals surface area contributed by atoms with Gasteiger partial charge in [0.2, 0.25) is 13.4 Å². The zero-order valence-electron chi connectivity index (χ0n) is 46.7. The monoisotopic (exact) mass is 985 g/mol. The third kappa shape index (κ3) is 7.29. The number of rotatable bonds is 10. The molecule has 13 rings (SSSR count). The molecule has 76 heavy (non-hydrogen) atoms. The summed E-state index contributed by atoms with van der Waals surface area (Å²) in [6.45, 7) is 28.8. The molecule has 374 valence electrons. The number of fused-ring (bicyclic) bond motifs is 10. The summed E-state index contributed by atoms with van der Waals surface area (Å²) in [4.78, 5) is 0. The highest BCUT2D eigenvalue weighted by atomic mass is 15.0. The number of para-hydroxylation sites is 2. The highest BCUT2D eigenvalue weighted by Crippen LogP contribution is 2.41. The van der Waals surface area contributed by atoms with E-state index < -0.39 is 0 Å². The Hall–Kier alpha value is -7.29. The minimum atomic E-state index is -0.0130. The van der Waals surface area contributed by atoms with Crippen LogP contribution in [0, 0.1) is 0 Å². The van der Waals surface area contributed by atoms with E-state index in [1.165, 1.54) is 143 Å². The lowest BCUT2D eigenvalue weighted by atomic mass is 9.31. The molecule has 4 heterocycles. The topological polar surface area (TPSA) is 9.86 Å². The predicted molar refractivity (Wildman–Crippen MR) is 333 cm³/mol. The van der Waals surface area contributed by atoms with E-state index in [9.17, 15) is 0 Å². The molecule has 0 radical (unpaired) electrons. The molecule has 9 aromatic carbocycles. The lowest BCUT2D eigenvalue weighted by molar-refractivity contribution is 0.812. The van der Waals surface area contributed by atoms with Crippen molar-refractivity contribution in [1.29, 1.82) is 0 Å². The number of hydrogen-bond donors (Lipinski definition) is 0. The highest BCUT2D eigenvalue weighted by molar-refractivity contribution is 7.00. The number of benzene rings is 9. The Balaban J connectivity index is 1.24. The first kappa shape index (κ1) is 48.4. The molecule has 11 aromatic rings. The Kier molecular flexibility index (Phi) is 11.6. The van der Waals surface area contributed by atoms with Gasteiger partial charge in [-0.2, -0.15) is 0 Å². The zero-order valence-corrected chi connectivity index (χ0v) is 46.7. The third-order valence-electron chi connectivity index (χ3n) is 17.7. The third-order valence-corrected chi connectivity index (χ3v) is 17.7. The van der Waals surface area contributed by atoms with Gasteiger partial charge in [-0.25, -0.2) is 0 Å². The van der Waals surface area contributed by atoms with Gasteiger partial charge in [-0.15, -0.1) is 0 Å². The van der Waals surface area contributed by atoms with Crippen LogP contribution in [0.4, 0.5) is 0 Å². The molecular formula is C72H70B2N2. The molecule has 0 fully saturated rings. The van der Waals surface area contributed by atoms with Gasteiger partial charge >= 0.3 is 0 Å². The summed E-state index contributed by atoms with van der Waals surface area (Å²) in [5, 5.41) is 5.23. The van der Waals surface area contributed by atoms with E-state index in [0.717, 1.165) is 0 Å². The predicted octanol–water partition coefficient (Wildman–Crippen LogP) is 15.6. The molecule has 4 heteroatoms. The summed E-state index contributed by atoms with van der Waals surface area (Å²) in [6, 6.07) is 66.5. The molecule has 0 saturated heterocycles. The van der Waals surface area contributed by atoms with Crippen LogP contribution in [-0.2, 0) is 0 Å². The van der Waals surface area contributed by atoms with Gasteiger partial charge in [0, 0.05) is 44.0 Å². The van der Waals surface area contributed by atoms with Crippen LogP contribution in [0.1, 0.15) is 152 Å². The molecule has 0 saturated carbocycles. The maximum absolute atomic E-state index is 2.71. The van der Waals surface area contributed by atoms with E-state index in [1.807, 2.05) is 0 Å². The van der Waals surface area contributed by atoms with Crippen molar-refractivity contribution in [3.8, 4) is 33.6 Å². The van der Waals surface area contributed by atoms with Crippen LogP contribution in [0.2, 0.25) is 0 Å². The van der Waals surface area contributed by atoms with Crippen molar-refractivity contribution in [2.45, 2.75) is 119 Å². The lowest BCUT2D eigenvalue weighted by Crippen LogP contribution is -2.61. The van der Waals surface area contributed by atoms with Crippen molar-refractivity contribution in [2.75, 3.05) is 0 Å². The quantitative estimate of drug-likeness (QED) is 0.121. The Morgan fingerprint density at radius 1 is 0.289 bits per heavy atom. The summed E-state index contributed by atoms with van der Waals surface area (Å²) >= 11 is 0. The molecule has 0 amide bonds. The van der Waals surface area contributed by atoms with Crippen molar-refractivity contribution < 1.29 is 0 Å². The lowest BCUT2D eigenvalue weighted by Gasteiger charge is -2.36. The minimum absolute atomic E-state index is 0.0130. The summed E-state index contributed by atoms with van der Waals surface area (Å²) in [5.74, 6) is 2.14. The molecular weight excluding hydrogens is 914 g/mol. The largest absolute Gasteiger partial charge is 0.310 e. The maximum Gasteiger partial charge on any atom is 0.247 e. The van der Waals surface area contributed by atoms with Crippen LogP contribution in [0.3, 0.4) is 0 Å². The van der Waals surface area contributed by atoms with Gasteiger partial charge in [-0.1, -0.05) is 240 Å². The fourth-order valence-electron chi connectivity index (χ4n) is 13.9. The summed E-state index contributed by atoms with van der Waals surface area (Å²) in [6.07, 6.45) is 0. The Labute approximate surface area is 452 Å². The van der Waals surface area contributed by atoms with Crippen LogP contribution in [-0.4, -0.2) is 22.6 Å². The molecule has 2 aliphatic heterocycles. The van der Waals surface area contributed by atoms with Crippen LogP contribution in [0.5, 0.6) is 0 Å². The van der Waals surface area contributed by atoms with Crippen molar-refractivity contribution in [2.24, 2.45) is 0 Å². The number of hydrogen-bond acceptors (Lipinski definition) is 0. The van der Waals surface area contributed by atoms with Gasteiger partial charge in [0.1, 0.15) is 0 Å². The van der Waals surface area contributed by atoms with E-state index in [0.29, 0.717) is 35.5 Å². The highest BCUT2D eigenvalue weighted by Gasteiger charge is 2.43. The smallest absolute Gasteiger partial charge is 0.247 e. The average Bonchev–Trinajstić information content (AvgIpc) is 4.16.